The predicted molar refractivity (Wildman–Crippen MR) is 82.9 cm³/mol. The maximum atomic E-state index is 5.83. The molecule has 0 saturated heterocycles. The molecule has 0 aliphatic heterocycles. The van der Waals surface area contributed by atoms with Gasteiger partial charge in [0.25, 0.3) is 0 Å². The minimum atomic E-state index is 0.0633. The van der Waals surface area contributed by atoms with Crippen molar-refractivity contribution in [2.75, 3.05) is 6.61 Å². The van der Waals surface area contributed by atoms with Crippen LogP contribution >= 0.6 is 11.6 Å². The van der Waals surface area contributed by atoms with Gasteiger partial charge in [-0.3, -0.25) is 11.3 Å². The fraction of sp³-hybridized carbons (Fsp3) is 0.250. The molecule has 0 heterocycles. The van der Waals surface area contributed by atoms with E-state index in [2.05, 4.69) is 36.6 Å². The Kier molecular flexibility index (Phi) is 5.41. The van der Waals surface area contributed by atoms with Crippen LogP contribution in [0.1, 0.15) is 11.1 Å². The van der Waals surface area contributed by atoms with E-state index in [9.17, 15) is 0 Å². The van der Waals surface area contributed by atoms with Crippen LogP contribution in [0.25, 0.3) is 0 Å². The number of nitrogens with two attached hydrogens (primary N) is 1. The van der Waals surface area contributed by atoms with E-state index >= 15 is 0 Å². The summed E-state index contributed by atoms with van der Waals surface area (Å²) >= 11 is 5.83. The predicted octanol–water partition coefficient (Wildman–Crippen LogP) is 3.10. The Balaban J connectivity index is 1.88. The molecule has 3 N–H and O–H groups in total. The highest BCUT2D eigenvalue weighted by atomic mass is 35.5. The lowest BCUT2D eigenvalue weighted by Gasteiger charge is -2.17. The quantitative estimate of drug-likeness (QED) is 0.635. The molecular weight excluding hydrogens is 272 g/mol. The number of aryl methyl sites for hydroxylation is 1. The van der Waals surface area contributed by atoms with Gasteiger partial charge in [-0.25, -0.2) is 0 Å². The normalized spacial score (nSPS) is 12.2. The van der Waals surface area contributed by atoms with Gasteiger partial charge in [-0.1, -0.05) is 41.4 Å². The van der Waals surface area contributed by atoms with E-state index in [1.165, 1.54) is 11.1 Å². The van der Waals surface area contributed by atoms with Crippen molar-refractivity contribution in [3.05, 3.63) is 64.7 Å². The first-order chi connectivity index (χ1) is 9.67. The van der Waals surface area contributed by atoms with E-state index in [0.29, 0.717) is 11.6 Å². The minimum Gasteiger partial charge on any atom is -0.492 e. The van der Waals surface area contributed by atoms with Crippen LogP contribution in [0, 0.1) is 6.92 Å². The lowest BCUT2D eigenvalue weighted by Crippen LogP contribution is -2.41. The van der Waals surface area contributed by atoms with Gasteiger partial charge >= 0.3 is 0 Å². The third-order valence-corrected chi connectivity index (χ3v) is 3.36. The largest absolute Gasteiger partial charge is 0.492 e. The number of benzene rings is 2. The number of hydrazine groups is 1. The highest BCUT2D eigenvalue weighted by molar-refractivity contribution is 6.30. The monoisotopic (exact) mass is 290 g/mol. The van der Waals surface area contributed by atoms with Crippen LogP contribution in [-0.4, -0.2) is 12.6 Å². The van der Waals surface area contributed by atoms with Gasteiger partial charge in [0.1, 0.15) is 12.4 Å². The summed E-state index contributed by atoms with van der Waals surface area (Å²) in [5, 5.41) is 0.700. The number of ether oxygens (including phenoxy) is 1. The van der Waals surface area contributed by atoms with Gasteiger partial charge in [-0.05, 0) is 43.2 Å². The molecule has 4 heteroatoms. The molecule has 3 nitrogen and oxygen atoms in total. The van der Waals surface area contributed by atoms with Gasteiger partial charge in [0.05, 0.1) is 6.04 Å². The molecule has 0 aliphatic rings. The summed E-state index contributed by atoms with van der Waals surface area (Å²) in [6, 6.07) is 15.8. The second kappa shape index (κ2) is 7.29. The zero-order chi connectivity index (χ0) is 14.4. The Morgan fingerprint density at radius 1 is 1.10 bits per heavy atom. The van der Waals surface area contributed by atoms with Gasteiger partial charge in [-0.2, -0.15) is 0 Å². The second-order valence-electron chi connectivity index (χ2n) is 4.82. The Labute approximate surface area is 124 Å². The van der Waals surface area contributed by atoms with E-state index < -0.39 is 0 Å². The second-order valence-corrected chi connectivity index (χ2v) is 5.25. The number of halogens is 1. The van der Waals surface area contributed by atoms with Crippen molar-refractivity contribution in [1.29, 1.82) is 0 Å². The van der Waals surface area contributed by atoms with Crippen LogP contribution in [0.2, 0.25) is 5.02 Å². The van der Waals surface area contributed by atoms with Crippen molar-refractivity contribution in [1.82, 2.24) is 5.43 Å². The first-order valence-electron chi connectivity index (χ1n) is 6.57. The Bertz CT molecular complexity index is 525. The molecule has 0 radical (unpaired) electrons. The number of rotatable bonds is 6. The van der Waals surface area contributed by atoms with Gasteiger partial charge < -0.3 is 4.74 Å². The highest BCUT2D eigenvalue weighted by Gasteiger charge is 2.09. The standard InChI is InChI=1S/C16H19ClN2O/c1-12-2-4-13(5-3-12)10-15(19-18)11-20-16-8-6-14(17)7-9-16/h2-9,15,19H,10-11,18H2,1H3. The van der Waals surface area contributed by atoms with Crippen LogP contribution in [0.5, 0.6) is 5.75 Å². The Morgan fingerprint density at radius 2 is 1.75 bits per heavy atom. The highest BCUT2D eigenvalue weighted by Crippen LogP contribution is 2.16. The molecular formula is C16H19ClN2O. The molecule has 1 unspecified atom stereocenters. The Hall–Kier alpha value is -1.55. The molecule has 2 rings (SSSR count). The van der Waals surface area contributed by atoms with Crippen molar-refractivity contribution >= 4 is 11.6 Å². The smallest absolute Gasteiger partial charge is 0.119 e. The van der Waals surface area contributed by atoms with Gasteiger partial charge in [0.15, 0.2) is 0 Å². The molecule has 20 heavy (non-hydrogen) atoms. The summed E-state index contributed by atoms with van der Waals surface area (Å²) in [4.78, 5) is 0. The average Bonchev–Trinajstić information content (AvgIpc) is 2.47. The van der Waals surface area contributed by atoms with E-state index in [1.807, 2.05) is 24.3 Å². The van der Waals surface area contributed by atoms with Crippen LogP contribution in [-0.2, 0) is 6.42 Å². The molecule has 2 aromatic rings. The summed E-state index contributed by atoms with van der Waals surface area (Å²) in [6.07, 6.45) is 0.824. The molecule has 106 valence electrons. The Morgan fingerprint density at radius 3 is 2.35 bits per heavy atom. The fourth-order valence-electron chi connectivity index (χ4n) is 1.90. The summed E-state index contributed by atoms with van der Waals surface area (Å²) in [5.41, 5.74) is 5.28. The van der Waals surface area contributed by atoms with E-state index in [0.717, 1.165) is 12.2 Å². The first-order valence-corrected chi connectivity index (χ1v) is 6.95. The maximum Gasteiger partial charge on any atom is 0.119 e. The fourth-order valence-corrected chi connectivity index (χ4v) is 2.03. The van der Waals surface area contributed by atoms with E-state index in [1.54, 1.807) is 0 Å². The van der Waals surface area contributed by atoms with Crippen molar-refractivity contribution in [3.8, 4) is 5.75 Å². The van der Waals surface area contributed by atoms with Crippen LogP contribution in [0.3, 0.4) is 0 Å². The van der Waals surface area contributed by atoms with Crippen molar-refractivity contribution < 1.29 is 4.74 Å². The summed E-state index contributed by atoms with van der Waals surface area (Å²) in [6.45, 7) is 2.58. The maximum absolute atomic E-state index is 5.83. The molecule has 0 saturated carbocycles. The molecule has 0 bridgehead atoms. The number of nitrogens with one attached hydrogen (secondary N) is 1. The lowest BCUT2D eigenvalue weighted by atomic mass is 10.1. The van der Waals surface area contributed by atoms with Crippen LogP contribution in [0.4, 0.5) is 0 Å². The molecule has 0 aliphatic carbocycles. The van der Waals surface area contributed by atoms with Crippen LogP contribution in [0.15, 0.2) is 48.5 Å². The first kappa shape index (κ1) is 14.9. The number of hydrogen-bond acceptors (Lipinski definition) is 3. The third-order valence-electron chi connectivity index (χ3n) is 3.10. The molecule has 0 aromatic heterocycles. The molecule has 0 amide bonds. The topological polar surface area (TPSA) is 47.3 Å². The van der Waals surface area contributed by atoms with E-state index in [-0.39, 0.29) is 6.04 Å². The SMILES string of the molecule is Cc1ccc(CC(COc2ccc(Cl)cc2)NN)cc1. The van der Waals surface area contributed by atoms with Crippen molar-refractivity contribution in [2.24, 2.45) is 5.84 Å². The minimum absolute atomic E-state index is 0.0633. The molecule has 0 fully saturated rings. The van der Waals surface area contributed by atoms with Crippen LogP contribution < -0.4 is 16.0 Å². The third kappa shape index (κ3) is 4.53. The van der Waals surface area contributed by atoms with Gasteiger partial charge in [0, 0.05) is 5.02 Å². The number of hydrogen-bond donors (Lipinski definition) is 2. The summed E-state index contributed by atoms with van der Waals surface area (Å²) < 4.78 is 5.71. The van der Waals surface area contributed by atoms with Gasteiger partial charge in [0.2, 0.25) is 0 Å². The van der Waals surface area contributed by atoms with Crippen molar-refractivity contribution in [3.63, 3.8) is 0 Å². The van der Waals surface area contributed by atoms with E-state index in [4.69, 9.17) is 22.2 Å². The average molecular weight is 291 g/mol. The molecule has 1 atom stereocenters. The van der Waals surface area contributed by atoms with Gasteiger partial charge in [-0.15, -0.1) is 0 Å². The molecule has 2 aromatic carbocycles. The summed E-state index contributed by atoms with van der Waals surface area (Å²) in [7, 11) is 0. The lowest BCUT2D eigenvalue weighted by molar-refractivity contribution is 0.264. The zero-order valence-corrected chi connectivity index (χ0v) is 12.2. The molecule has 0 spiro atoms. The zero-order valence-electron chi connectivity index (χ0n) is 11.5. The van der Waals surface area contributed by atoms with Crippen molar-refractivity contribution in [2.45, 2.75) is 19.4 Å². The summed E-state index contributed by atoms with van der Waals surface area (Å²) in [5.74, 6) is 6.38.